The molecule has 0 atom stereocenters. The Kier molecular flexibility index (Phi) is 3.48. The maximum Gasteiger partial charge on any atom is 0.168 e. The fourth-order valence-corrected chi connectivity index (χ4v) is 1.07. The van der Waals surface area contributed by atoms with Gasteiger partial charge in [-0.2, -0.15) is 0 Å². The minimum Gasteiger partial charge on any atom is -0.504 e. The van der Waals surface area contributed by atoms with Gasteiger partial charge in [-0.15, -0.1) is 0 Å². The average molecular weight is 197 g/mol. The maximum absolute atomic E-state index is 13.2. The average Bonchev–Trinajstić information content (AvgIpc) is 2.18. The van der Waals surface area contributed by atoms with E-state index in [1.807, 2.05) is 0 Å². The first-order valence-electron chi connectivity index (χ1n) is 4.12. The fraction of sp³-hybridized carbons (Fsp3) is 0.200. The highest BCUT2D eigenvalue weighted by molar-refractivity contribution is 5.62. The van der Waals surface area contributed by atoms with Crippen LogP contribution in [-0.2, 0) is 0 Å². The zero-order chi connectivity index (χ0) is 10.6. The second-order valence-electron chi connectivity index (χ2n) is 2.65. The number of aromatic hydroxyl groups is 1. The zero-order valence-electron chi connectivity index (χ0n) is 7.83. The van der Waals surface area contributed by atoms with Crippen molar-refractivity contribution in [1.29, 1.82) is 0 Å². The Labute approximate surface area is 81.6 Å². The van der Waals surface area contributed by atoms with Gasteiger partial charge in [0.1, 0.15) is 5.82 Å². The van der Waals surface area contributed by atoms with E-state index in [0.717, 1.165) is 0 Å². The van der Waals surface area contributed by atoms with Crippen LogP contribution in [0.4, 0.5) is 4.39 Å². The molecular weight excluding hydrogens is 185 g/mol. The Balaban J connectivity index is 3.18. The van der Waals surface area contributed by atoms with Gasteiger partial charge in [-0.25, -0.2) is 4.39 Å². The maximum atomic E-state index is 13.2. The summed E-state index contributed by atoms with van der Waals surface area (Å²) in [5.74, 6) is -0.478. The lowest BCUT2D eigenvalue weighted by Crippen LogP contribution is -1.93. The van der Waals surface area contributed by atoms with Crippen LogP contribution in [0.3, 0.4) is 0 Å². The monoisotopic (exact) mass is 197 g/mol. The summed E-state index contributed by atoms with van der Waals surface area (Å²) in [7, 11) is 1.41. The third-order valence-electron chi connectivity index (χ3n) is 1.77. The van der Waals surface area contributed by atoms with Crippen molar-refractivity contribution in [3.63, 3.8) is 0 Å². The molecule has 4 heteroatoms. The van der Waals surface area contributed by atoms with E-state index in [0.29, 0.717) is 0 Å². The Morgan fingerprint density at radius 1 is 1.57 bits per heavy atom. The molecule has 0 spiro atoms. The Morgan fingerprint density at radius 2 is 2.29 bits per heavy atom. The third-order valence-corrected chi connectivity index (χ3v) is 1.77. The van der Waals surface area contributed by atoms with Crippen LogP contribution < -0.4 is 10.5 Å². The summed E-state index contributed by atoms with van der Waals surface area (Å²) >= 11 is 0. The van der Waals surface area contributed by atoms with Gasteiger partial charge in [-0.05, 0) is 12.1 Å². The minimum atomic E-state index is -0.506. The van der Waals surface area contributed by atoms with Crippen molar-refractivity contribution < 1.29 is 14.2 Å². The minimum absolute atomic E-state index is 0.0924. The van der Waals surface area contributed by atoms with Crippen molar-refractivity contribution in [1.82, 2.24) is 0 Å². The van der Waals surface area contributed by atoms with E-state index in [2.05, 4.69) is 0 Å². The van der Waals surface area contributed by atoms with Crippen LogP contribution in [0, 0.1) is 5.82 Å². The molecule has 1 aromatic carbocycles. The van der Waals surface area contributed by atoms with E-state index in [9.17, 15) is 9.50 Å². The summed E-state index contributed by atoms with van der Waals surface area (Å²) < 4.78 is 18.0. The molecule has 1 aromatic rings. The third kappa shape index (κ3) is 2.03. The van der Waals surface area contributed by atoms with E-state index in [4.69, 9.17) is 10.5 Å². The number of hydrogen-bond donors (Lipinski definition) is 2. The molecule has 0 bridgehead atoms. The molecule has 0 unspecified atom stereocenters. The van der Waals surface area contributed by atoms with E-state index in [1.54, 1.807) is 6.08 Å². The SMILES string of the molecule is COc1ccc(F)c(/C=C/CN)c1O. The Bertz CT molecular complexity index is 350. The Morgan fingerprint density at radius 3 is 2.86 bits per heavy atom. The summed E-state index contributed by atoms with van der Waals surface area (Å²) in [4.78, 5) is 0. The van der Waals surface area contributed by atoms with Gasteiger partial charge < -0.3 is 15.6 Å². The first kappa shape index (κ1) is 10.5. The Hall–Kier alpha value is -1.55. The predicted octanol–water partition coefficient (Wildman–Crippen LogP) is 1.51. The molecule has 0 radical (unpaired) electrons. The highest BCUT2D eigenvalue weighted by atomic mass is 19.1. The molecule has 0 saturated heterocycles. The number of hydrogen-bond acceptors (Lipinski definition) is 3. The smallest absolute Gasteiger partial charge is 0.168 e. The normalized spacial score (nSPS) is 10.8. The van der Waals surface area contributed by atoms with Gasteiger partial charge in [0, 0.05) is 6.54 Å². The number of phenols is 1. The topological polar surface area (TPSA) is 55.5 Å². The number of phenolic OH excluding ortho intramolecular Hbond substituents is 1. The lowest BCUT2D eigenvalue weighted by atomic mass is 10.1. The molecule has 14 heavy (non-hydrogen) atoms. The predicted molar refractivity (Wildman–Crippen MR) is 52.7 cm³/mol. The van der Waals surface area contributed by atoms with Gasteiger partial charge in [-0.1, -0.05) is 12.2 Å². The van der Waals surface area contributed by atoms with Crippen LogP contribution in [0.1, 0.15) is 5.56 Å². The van der Waals surface area contributed by atoms with Crippen LogP contribution in [0.2, 0.25) is 0 Å². The van der Waals surface area contributed by atoms with Crippen molar-refractivity contribution in [2.75, 3.05) is 13.7 Å². The summed E-state index contributed by atoms with van der Waals surface area (Å²) in [6.07, 6.45) is 2.98. The fourth-order valence-electron chi connectivity index (χ4n) is 1.07. The van der Waals surface area contributed by atoms with Crippen molar-refractivity contribution >= 4 is 6.08 Å². The second-order valence-corrected chi connectivity index (χ2v) is 2.65. The van der Waals surface area contributed by atoms with Crippen LogP contribution in [0.25, 0.3) is 6.08 Å². The van der Waals surface area contributed by atoms with Crippen molar-refractivity contribution in [3.8, 4) is 11.5 Å². The lowest BCUT2D eigenvalue weighted by Gasteiger charge is -2.06. The van der Waals surface area contributed by atoms with E-state index in [-0.39, 0.29) is 23.6 Å². The van der Waals surface area contributed by atoms with E-state index >= 15 is 0 Å². The summed E-state index contributed by atoms with van der Waals surface area (Å²) in [6.45, 7) is 0.288. The number of nitrogens with two attached hydrogens (primary N) is 1. The zero-order valence-corrected chi connectivity index (χ0v) is 7.83. The van der Waals surface area contributed by atoms with Gasteiger partial charge in [0.15, 0.2) is 11.5 Å². The molecular formula is C10H12FNO2. The van der Waals surface area contributed by atoms with Crippen molar-refractivity contribution in [2.45, 2.75) is 0 Å². The molecule has 0 fully saturated rings. The standard InChI is InChI=1S/C10H12FNO2/c1-14-9-5-4-8(11)7(10(9)13)3-2-6-12/h2-5,13H,6,12H2,1H3/b3-2+. The molecule has 3 N–H and O–H groups in total. The van der Waals surface area contributed by atoms with Gasteiger partial charge in [0.2, 0.25) is 0 Å². The first-order valence-corrected chi connectivity index (χ1v) is 4.12. The molecule has 0 amide bonds. The highest BCUT2D eigenvalue weighted by Gasteiger charge is 2.09. The van der Waals surface area contributed by atoms with Crippen LogP contribution >= 0.6 is 0 Å². The van der Waals surface area contributed by atoms with Gasteiger partial charge in [0.05, 0.1) is 12.7 Å². The highest BCUT2D eigenvalue weighted by Crippen LogP contribution is 2.32. The van der Waals surface area contributed by atoms with Gasteiger partial charge >= 0.3 is 0 Å². The number of ether oxygens (including phenoxy) is 1. The number of benzene rings is 1. The first-order chi connectivity index (χ1) is 6.70. The largest absolute Gasteiger partial charge is 0.504 e. The number of rotatable bonds is 3. The summed E-state index contributed by atoms with van der Waals surface area (Å²) in [5, 5.41) is 9.54. The van der Waals surface area contributed by atoms with Gasteiger partial charge in [-0.3, -0.25) is 0 Å². The number of methoxy groups -OCH3 is 1. The summed E-state index contributed by atoms with van der Waals surface area (Å²) in [5.41, 5.74) is 5.32. The van der Waals surface area contributed by atoms with E-state index in [1.165, 1.54) is 25.3 Å². The van der Waals surface area contributed by atoms with Crippen LogP contribution in [-0.4, -0.2) is 18.8 Å². The van der Waals surface area contributed by atoms with Gasteiger partial charge in [0.25, 0.3) is 0 Å². The molecule has 0 aliphatic heterocycles. The molecule has 0 aliphatic rings. The molecule has 3 nitrogen and oxygen atoms in total. The van der Waals surface area contributed by atoms with Crippen LogP contribution in [0.15, 0.2) is 18.2 Å². The second kappa shape index (κ2) is 4.62. The quantitative estimate of drug-likeness (QED) is 0.772. The van der Waals surface area contributed by atoms with E-state index < -0.39 is 5.82 Å². The molecule has 0 aromatic heterocycles. The molecule has 76 valence electrons. The van der Waals surface area contributed by atoms with Crippen molar-refractivity contribution in [3.05, 3.63) is 29.6 Å². The summed E-state index contributed by atoms with van der Waals surface area (Å²) in [6, 6.07) is 2.60. The lowest BCUT2D eigenvalue weighted by molar-refractivity contribution is 0.370. The molecule has 1 rings (SSSR count). The molecule has 0 heterocycles. The van der Waals surface area contributed by atoms with Crippen LogP contribution in [0.5, 0.6) is 11.5 Å². The van der Waals surface area contributed by atoms with Crippen molar-refractivity contribution in [2.24, 2.45) is 5.73 Å². The number of halogens is 1. The molecule has 0 saturated carbocycles. The molecule has 0 aliphatic carbocycles.